The van der Waals surface area contributed by atoms with Crippen LogP contribution in [0, 0.1) is 6.92 Å². The normalized spacial score (nSPS) is 18.6. The van der Waals surface area contributed by atoms with Gasteiger partial charge in [-0.15, -0.1) is 11.3 Å². The zero-order valence-corrected chi connectivity index (χ0v) is 13.9. The van der Waals surface area contributed by atoms with E-state index in [0.29, 0.717) is 34.7 Å². The number of rotatable bonds is 1. The maximum Gasteiger partial charge on any atom is 0.264 e. The van der Waals surface area contributed by atoms with Gasteiger partial charge in [0.15, 0.2) is 0 Å². The molecule has 1 N–H and O–H groups in total. The number of aliphatic hydroxyl groups excluding tert-OH is 1. The topological polar surface area (TPSA) is 75.4 Å². The molecule has 2 aromatic heterocycles. The summed E-state index contributed by atoms with van der Waals surface area (Å²) in [5.41, 5.74) is 0.719. The number of aryl methyl sites for hydroxylation is 2. The summed E-state index contributed by atoms with van der Waals surface area (Å²) in [5, 5.41) is 9.97. The van der Waals surface area contributed by atoms with E-state index in [0.717, 1.165) is 37.1 Å². The van der Waals surface area contributed by atoms with Crippen molar-refractivity contribution >= 4 is 27.5 Å². The van der Waals surface area contributed by atoms with Crippen LogP contribution in [0.15, 0.2) is 4.79 Å². The number of hydrogen-bond donors (Lipinski definition) is 1. The van der Waals surface area contributed by atoms with Crippen LogP contribution < -0.4 is 5.56 Å². The lowest BCUT2D eigenvalue weighted by molar-refractivity contribution is 0.00619. The van der Waals surface area contributed by atoms with Gasteiger partial charge in [-0.25, -0.2) is 4.98 Å². The van der Waals surface area contributed by atoms with Gasteiger partial charge >= 0.3 is 0 Å². The Morgan fingerprint density at radius 1 is 1.30 bits per heavy atom. The van der Waals surface area contributed by atoms with E-state index in [1.165, 1.54) is 11.3 Å². The third-order valence-corrected chi connectivity index (χ3v) is 5.93. The second-order valence-corrected chi connectivity index (χ2v) is 7.39. The van der Waals surface area contributed by atoms with Gasteiger partial charge in [0.05, 0.1) is 16.4 Å². The number of hydrogen-bond acceptors (Lipinski definition) is 5. The number of likely N-dealkylation sites (tertiary alicyclic amines) is 1. The number of carbonyl (C=O) groups excluding carboxylic acids is 1. The fourth-order valence-corrected chi connectivity index (χ4v) is 4.54. The molecule has 122 valence electrons. The van der Waals surface area contributed by atoms with Crippen molar-refractivity contribution in [2.24, 2.45) is 0 Å². The molecule has 0 bridgehead atoms. The van der Waals surface area contributed by atoms with Crippen LogP contribution in [0.4, 0.5) is 0 Å². The summed E-state index contributed by atoms with van der Waals surface area (Å²) in [6, 6.07) is 0. The standard InChI is InChI=1S/C16H19N3O3S/c1-9-12-14(23-13(9)16(22)18-7-10(20)8-18)17-11-5-3-2-4-6-19(11)15(12)21/h10,20H,2-8H2,1H3. The Bertz CT molecular complexity index is 848. The quantitative estimate of drug-likeness (QED) is 0.854. The molecule has 2 aromatic rings. The monoisotopic (exact) mass is 333 g/mol. The molecule has 1 amide bonds. The lowest BCUT2D eigenvalue weighted by Crippen LogP contribution is -2.53. The first kappa shape index (κ1) is 14.8. The van der Waals surface area contributed by atoms with E-state index < -0.39 is 6.10 Å². The van der Waals surface area contributed by atoms with E-state index in [4.69, 9.17) is 0 Å². The van der Waals surface area contributed by atoms with E-state index >= 15 is 0 Å². The van der Waals surface area contributed by atoms with Crippen LogP contribution in [-0.4, -0.2) is 44.7 Å². The Kier molecular flexibility index (Phi) is 3.50. The fourth-order valence-electron chi connectivity index (χ4n) is 3.38. The minimum absolute atomic E-state index is 0.0108. The number of aromatic nitrogens is 2. The Morgan fingerprint density at radius 2 is 2.09 bits per heavy atom. The van der Waals surface area contributed by atoms with Crippen LogP contribution in [0.5, 0.6) is 0 Å². The summed E-state index contributed by atoms with van der Waals surface area (Å²) >= 11 is 1.31. The lowest BCUT2D eigenvalue weighted by Gasteiger charge is -2.35. The SMILES string of the molecule is Cc1c(C(=O)N2CC(O)C2)sc2nc3n(c(=O)c12)CCCCC3. The fraction of sp³-hybridized carbons (Fsp3) is 0.562. The highest BCUT2D eigenvalue weighted by atomic mass is 32.1. The van der Waals surface area contributed by atoms with Crippen molar-refractivity contribution in [3.63, 3.8) is 0 Å². The van der Waals surface area contributed by atoms with Crippen molar-refractivity contribution in [2.45, 2.75) is 45.3 Å². The van der Waals surface area contributed by atoms with Gasteiger partial charge in [-0.05, 0) is 25.3 Å². The summed E-state index contributed by atoms with van der Waals surface area (Å²) in [4.78, 5) is 32.9. The Hall–Kier alpha value is -1.73. The number of nitrogens with zero attached hydrogens (tertiary/aromatic N) is 3. The van der Waals surface area contributed by atoms with Gasteiger partial charge in [-0.1, -0.05) is 6.42 Å². The van der Waals surface area contributed by atoms with Gasteiger partial charge in [0.2, 0.25) is 0 Å². The predicted octanol–water partition coefficient (Wildman–Crippen LogP) is 1.31. The third kappa shape index (κ3) is 2.30. The van der Waals surface area contributed by atoms with Gasteiger partial charge in [0.25, 0.3) is 11.5 Å². The Morgan fingerprint density at radius 3 is 2.83 bits per heavy atom. The Balaban J connectivity index is 1.83. The first-order valence-corrected chi connectivity index (χ1v) is 8.88. The molecular formula is C16H19N3O3S. The summed E-state index contributed by atoms with van der Waals surface area (Å²) in [7, 11) is 0. The van der Waals surface area contributed by atoms with E-state index in [1.807, 2.05) is 6.92 Å². The van der Waals surface area contributed by atoms with Crippen molar-refractivity contribution in [2.75, 3.05) is 13.1 Å². The minimum atomic E-state index is -0.423. The summed E-state index contributed by atoms with van der Waals surface area (Å²) in [6.07, 6.45) is 3.58. The van der Waals surface area contributed by atoms with Gasteiger partial charge in [-0.2, -0.15) is 0 Å². The average Bonchev–Trinajstić information content (AvgIpc) is 2.68. The van der Waals surface area contributed by atoms with Crippen LogP contribution in [0.1, 0.15) is 40.3 Å². The van der Waals surface area contributed by atoms with Crippen LogP contribution in [0.25, 0.3) is 10.2 Å². The summed E-state index contributed by atoms with van der Waals surface area (Å²) in [6.45, 7) is 3.29. The first-order valence-electron chi connectivity index (χ1n) is 8.06. The number of carbonyl (C=O) groups is 1. The van der Waals surface area contributed by atoms with Crippen molar-refractivity contribution < 1.29 is 9.90 Å². The average molecular weight is 333 g/mol. The first-order chi connectivity index (χ1) is 11.1. The summed E-state index contributed by atoms with van der Waals surface area (Å²) < 4.78 is 1.79. The molecule has 6 nitrogen and oxygen atoms in total. The van der Waals surface area contributed by atoms with Gasteiger partial charge in [0.1, 0.15) is 10.7 Å². The van der Waals surface area contributed by atoms with Gasteiger partial charge in [0, 0.05) is 26.1 Å². The third-order valence-electron chi connectivity index (χ3n) is 4.76. The molecule has 4 heterocycles. The van der Waals surface area contributed by atoms with Crippen molar-refractivity contribution in [1.29, 1.82) is 0 Å². The molecule has 0 saturated carbocycles. The van der Waals surface area contributed by atoms with Crippen LogP contribution >= 0.6 is 11.3 Å². The van der Waals surface area contributed by atoms with E-state index in [9.17, 15) is 14.7 Å². The molecule has 4 rings (SSSR count). The molecule has 2 aliphatic rings. The van der Waals surface area contributed by atoms with Crippen molar-refractivity contribution in [1.82, 2.24) is 14.5 Å². The van der Waals surface area contributed by atoms with Crippen LogP contribution in [-0.2, 0) is 13.0 Å². The molecule has 0 aliphatic carbocycles. The minimum Gasteiger partial charge on any atom is -0.389 e. The molecule has 1 fully saturated rings. The molecule has 0 aromatic carbocycles. The lowest BCUT2D eigenvalue weighted by atomic mass is 10.1. The molecule has 0 spiro atoms. The second-order valence-electron chi connectivity index (χ2n) is 6.40. The molecule has 7 heteroatoms. The highest BCUT2D eigenvalue weighted by molar-refractivity contribution is 7.20. The highest BCUT2D eigenvalue weighted by Crippen LogP contribution is 2.30. The molecule has 1 saturated heterocycles. The van der Waals surface area contributed by atoms with Gasteiger partial charge in [-0.3, -0.25) is 14.2 Å². The number of amides is 1. The van der Waals surface area contributed by atoms with E-state index in [-0.39, 0.29) is 11.5 Å². The number of β-amino-alcohol motifs (C(OH)–C–C–N with tert-alkyl or cyclic N) is 1. The zero-order chi connectivity index (χ0) is 16.1. The Labute approximate surface area is 137 Å². The number of fused-ring (bicyclic) bond motifs is 2. The van der Waals surface area contributed by atoms with Crippen LogP contribution in [0.2, 0.25) is 0 Å². The summed E-state index contributed by atoms with van der Waals surface area (Å²) in [5.74, 6) is 0.745. The van der Waals surface area contributed by atoms with E-state index in [1.54, 1.807) is 9.47 Å². The second kappa shape index (κ2) is 5.42. The maximum atomic E-state index is 12.9. The smallest absolute Gasteiger partial charge is 0.264 e. The molecular weight excluding hydrogens is 314 g/mol. The number of thiophene rings is 1. The molecule has 0 atom stereocenters. The van der Waals surface area contributed by atoms with Gasteiger partial charge < -0.3 is 10.0 Å². The molecule has 0 radical (unpaired) electrons. The molecule has 0 unspecified atom stereocenters. The van der Waals surface area contributed by atoms with Crippen molar-refractivity contribution in [3.8, 4) is 0 Å². The predicted molar refractivity (Wildman–Crippen MR) is 88.1 cm³/mol. The maximum absolute atomic E-state index is 12.9. The van der Waals surface area contributed by atoms with Crippen molar-refractivity contribution in [3.05, 3.63) is 26.6 Å². The highest BCUT2D eigenvalue weighted by Gasteiger charge is 2.32. The number of aliphatic hydroxyl groups is 1. The molecule has 2 aliphatic heterocycles. The largest absolute Gasteiger partial charge is 0.389 e. The van der Waals surface area contributed by atoms with Crippen LogP contribution in [0.3, 0.4) is 0 Å². The molecule has 23 heavy (non-hydrogen) atoms. The van der Waals surface area contributed by atoms with E-state index in [2.05, 4.69) is 4.98 Å². The zero-order valence-electron chi connectivity index (χ0n) is 13.0.